The number of nitrogens with one attached hydrogen (secondary N) is 1. The predicted octanol–water partition coefficient (Wildman–Crippen LogP) is 0.586. The van der Waals surface area contributed by atoms with Gasteiger partial charge in [0.05, 0.1) is 5.60 Å². The first-order valence-electron chi connectivity index (χ1n) is 7.12. The minimum absolute atomic E-state index is 0.00203. The third-order valence-electron chi connectivity index (χ3n) is 3.66. The lowest BCUT2D eigenvalue weighted by atomic mass is 9.94. The lowest BCUT2D eigenvalue weighted by Gasteiger charge is -2.34. The lowest BCUT2D eigenvalue weighted by molar-refractivity contribution is 0.0287. The molecule has 1 aliphatic heterocycles. The maximum absolute atomic E-state index is 12.3. The van der Waals surface area contributed by atoms with E-state index in [0.717, 1.165) is 6.42 Å². The van der Waals surface area contributed by atoms with Crippen molar-refractivity contribution in [2.24, 2.45) is 11.8 Å². The molecular weight excluding hydrogens is 280 g/mol. The fourth-order valence-corrected chi connectivity index (χ4v) is 4.13. The average molecular weight is 308 g/mol. The Morgan fingerprint density at radius 1 is 1.35 bits per heavy atom. The fraction of sp³-hybridized carbons (Fsp3) is 1.00. The molecule has 0 saturated carbocycles. The number of ether oxygens (including phenoxy) is 1. The molecule has 3 atom stereocenters. The van der Waals surface area contributed by atoms with Crippen LogP contribution in [-0.4, -0.2) is 56.8 Å². The Morgan fingerprint density at radius 3 is 2.40 bits per heavy atom. The zero-order valence-electron chi connectivity index (χ0n) is 12.9. The van der Waals surface area contributed by atoms with Gasteiger partial charge in [0.15, 0.2) is 0 Å². The standard InChI is InChI=1S/C13H28N2O4S/c1-11-7-12(2)9-15(8-11)20(17,18)14-10-13(3,16)5-6-19-4/h11-12,14,16H,5-10H2,1-4H3. The van der Waals surface area contributed by atoms with Crippen LogP contribution in [0.4, 0.5) is 0 Å². The number of hydrogen-bond donors (Lipinski definition) is 2. The highest BCUT2D eigenvalue weighted by Crippen LogP contribution is 2.22. The van der Waals surface area contributed by atoms with E-state index in [1.54, 1.807) is 14.0 Å². The van der Waals surface area contributed by atoms with Gasteiger partial charge in [-0.3, -0.25) is 0 Å². The highest BCUT2D eigenvalue weighted by molar-refractivity contribution is 7.87. The Labute approximate surface area is 122 Å². The zero-order chi connectivity index (χ0) is 15.4. The third kappa shape index (κ3) is 5.65. The molecule has 1 saturated heterocycles. The monoisotopic (exact) mass is 308 g/mol. The first-order valence-corrected chi connectivity index (χ1v) is 8.56. The predicted molar refractivity (Wildman–Crippen MR) is 78.6 cm³/mol. The Morgan fingerprint density at radius 2 is 1.90 bits per heavy atom. The van der Waals surface area contributed by atoms with Gasteiger partial charge in [0.25, 0.3) is 10.2 Å². The van der Waals surface area contributed by atoms with Crippen molar-refractivity contribution in [2.45, 2.75) is 39.2 Å². The van der Waals surface area contributed by atoms with Crippen LogP contribution >= 0.6 is 0 Å². The van der Waals surface area contributed by atoms with E-state index in [2.05, 4.69) is 18.6 Å². The Kier molecular flexibility index (Phi) is 6.40. The summed E-state index contributed by atoms with van der Waals surface area (Å²) in [4.78, 5) is 0. The van der Waals surface area contributed by atoms with E-state index < -0.39 is 15.8 Å². The molecule has 3 unspecified atom stereocenters. The normalized spacial score (nSPS) is 28.2. The van der Waals surface area contributed by atoms with Gasteiger partial charge in [0, 0.05) is 39.8 Å². The van der Waals surface area contributed by atoms with Crippen molar-refractivity contribution in [1.29, 1.82) is 0 Å². The van der Waals surface area contributed by atoms with Crippen LogP contribution in [0.2, 0.25) is 0 Å². The second-order valence-electron chi connectivity index (χ2n) is 6.33. The van der Waals surface area contributed by atoms with Gasteiger partial charge in [-0.15, -0.1) is 0 Å². The minimum Gasteiger partial charge on any atom is -0.389 e. The van der Waals surface area contributed by atoms with Gasteiger partial charge in [-0.25, -0.2) is 0 Å². The van der Waals surface area contributed by atoms with Crippen molar-refractivity contribution in [1.82, 2.24) is 9.03 Å². The summed E-state index contributed by atoms with van der Waals surface area (Å²) in [5.41, 5.74) is -1.10. The van der Waals surface area contributed by atoms with Gasteiger partial charge < -0.3 is 9.84 Å². The molecule has 0 aromatic rings. The van der Waals surface area contributed by atoms with E-state index in [0.29, 0.717) is 38.0 Å². The summed E-state index contributed by atoms with van der Waals surface area (Å²) < 4.78 is 33.4. The quantitative estimate of drug-likeness (QED) is 0.721. The van der Waals surface area contributed by atoms with E-state index in [4.69, 9.17) is 4.74 Å². The summed E-state index contributed by atoms with van der Waals surface area (Å²) >= 11 is 0. The Hall–Kier alpha value is -0.210. The van der Waals surface area contributed by atoms with E-state index >= 15 is 0 Å². The largest absolute Gasteiger partial charge is 0.389 e. The van der Waals surface area contributed by atoms with Crippen LogP contribution in [0.3, 0.4) is 0 Å². The summed E-state index contributed by atoms with van der Waals surface area (Å²) in [5.74, 6) is 0.730. The molecule has 7 heteroatoms. The van der Waals surface area contributed by atoms with E-state index in [9.17, 15) is 13.5 Å². The van der Waals surface area contributed by atoms with Crippen molar-refractivity contribution < 1.29 is 18.3 Å². The molecule has 1 fully saturated rings. The average Bonchev–Trinajstić information content (AvgIpc) is 2.33. The van der Waals surface area contributed by atoms with Crippen LogP contribution in [0, 0.1) is 11.8 Å². The third-order valence-corrected chi connectivity index (χ3v) is 5.14. The maximum atomic E-state index is 12.3. The van der Waals surface area contributed by atoms with Gasteiger partial charge in [-0.1, -0.05) is 13.8 Å². The molecule has 0 aromatic carbocycles. The topological polar surface area (TPSA) is 78.9 Å². The molecule has 0 bridgehead atoms. The number of piperidine rings is 1. The number of methoxy groups -OCH3 is 1. The fourth-order valence-electron chi connectivity index (χ4n) is 2.55. The van der Waals surface area contributed by atoms with Gasteiger partial charge in [0.1, 0.15) is 0 Å². The van der Waals surface area contributed by atoms with Gasteiger partial charge in [-0.2, -0.15) is 17.4 Å². The van der Waals surface area contributed by atoms with Crippen molar-refractivity contribution >= 4 is 10.2 Å². The van der Waals surface area contributed by atoms with Crippen molar-refractivity contribution in [3.8, 4) is 0 Å². The number of nitrogens with zero attached hydrogens (tertiary/aromatic N) is 1. The molecule has 0 aliphatic carbocycles. The SMILES string of the molecule is COCCC(C)(O)CNS(=O)(=O)N1CC(C)CC(C)C1. The summed E-state index contributed by atoms with van der Waals surface area (Å²) in [5, 5.41) is 10.1. The minimum atomic E-state index is -3.52. The van der Waals surface area contributed by atoms with E-state index in [1.807, 2.05) is 0 Å². The van der Waals surface area contributed by atoms with Crippen molar-refractivity contribution in [3.63, 3.8) is 0 Å². The molecule has 1 aliphatic rings. The van der Waals surface area contributed by atoms with Crippen LogP contribution < -0.4 is 4.72 Å². The maximum Gasteiger partial charge on any atom is 0.279 e. The molecule has 1 heterocycles. The lowest BCUT2D eigenvalue weighted by Crippen LogP contribution is -2.51. The Bertz CT molecular complexity index is 387. The second-order valence-corrected chi connectivity index (χ2v) is 8.08. The van der Waals surface area contributed by atoms with Gasteiger partial charge in [0.2, 0.25) is 0 Å². The molecule has 0 amide bonds. The zero-order valence-corrected chi connectivity index (χ0v) is 13.7. The smallest absolute Gasteiger partial charge is 0.279 e. The van der Waals surface area contributed by atoms with E-state index in [-0.39, 0.29) is 6.54 Å². The number of hydrogen-bond acceptors (Lipinski definition) is 4. The molecule has 2 N–H and O–H groups in total. The summed E-state index contributed by atoms with van der Waals surface area (Å²) in [7, 11) is -1.97. The Balaban J connectivity index is 2.56. The van der Waals surface area contributed by atoms with Crippen LogP contribution in [0.5, 0.6) is 0 Å². The van der Waals surface area contributed by atoms with Crippen LogP contribution in [0.25, 0.3) is 0 Å². The van der Waals surface area contributed by atoms with Crippen LogP contribution in [-0.2, 0) is 14.9 Å². The number of rotatable bonds is 7. The van der Waals surface area contributed by atoms with Crippen LogP contribution in [0.1, 0.15) is 33.6 Å². The van der Waals surface area contributed by atoms with E-state index in [1.165, 1.54) is 4.31 Å². The highest BCUT2D eigenvalue weighted by Gasteiger charge is 2.32. The molecule has 0 radical (unpaired) electrons. The van der Waals surface area contributed by atoms with Crippen LogP contribution in [0.15, 0.2) is 0 Å². The van der Waals surface area contributed by atoms with Gasteiger partial charge in [-0.05, 0) is 25.2 Å². The van der Waals surface area contributed by atoms with Crippen molar-refractivity contribution in [2.75, 3.05) is 33.4 Å². The second kappa shape index (κ2) is 7.17. The molecule has 0 aromatic heterocycles. The first-order chi connectivity index (χ1) is 9.16. The summed E-state index contributed by atoms with van der Waals surface area (Å²) in [6.07, 6.45) is 1.44. The molecule has 0 spiro atoms. The molecular formula is C13H28N2O4S. The highest BCUT2D eigenvalue weighted by atomic mass is 32.2. The first kappa shape index (κ1) is 17.8. The number of aliphatic hydroxyl groups is 1. The molecule has 20 heavy (non-hydrogen) atoms. The molecule has 6 nitrogen and oxygen atoms in total. The summed E-state index contributed by atoms with van der Waals surface area (Å²) in [6.45, 7) is 7.21. The van der Waals surface area contributed by atoms with Gasteiger partial charge >= 0.3 is 0 Å². The molecule has 1 rings (SSSR count). The summed E-state index contributed by atoms with van der Waals surface area (Å²) in [6, 6.07) is 0. The molecule has 120 valence electrons. The van der Waals surface area contributed by atoms with Crippen molar-refractivity contribution in [3.05, 3.63) is 0 Å².